The molecule has 1 heterocycles. The van der Waals surface area contributed by atoms with E-state index in [1.807, 2.05) is 0 Å². The van der Waals surface area contributed by atoms with Crippen LogP contribution in [0.15, 0.2) is 12.3 Å². The third kappa shape index (κ3) is 5.44. The van der Waals surface area contributed by atoms with Crippen molar-refractivity contribution in [1.82, 2.24) is 4.98 Å². The van der Waals surface area contributed by atoms with Crippen molar-refractivity contribution in [2.75, 3.05) is 37.9 Å². The second-order valence-corrected chi connectivity index (χ2v) is 4.40. The Balaban J connectivity index is 2.41. The Morgan fingerprint density at radius 1 is 1.40 bits per heavy atom. The number of hydrogen-bond donors (Lipinski definition) is 2. The highest BCUT2D eigenvalue weighted by atomic mass is 16.5. The number of unbranched alkanes of at least 4 members (excludes halogenated alkanes) is 1. The summed E-state index contributed by atoms with van der Waals surface area (Å²) >= 11 is 0. The number of rotatable bonds is 9. The summed E-state index contributed by atoms with van der Waals surface area (Å²) in [6, 6.07) is 1.55. The smallest absolute Gasteiger partial charge is 0.341 e. The highest BCUT2D eigenvalue weighted by Crippen LogP contribution is 2.16. The van der Waals surface area contributed by atoms with Crippen molar-refractivity contribution in [1.29, 1.82) is 0 Å². The van der Waals surface area contributed by atoms with Crippen molar-refractivity contribution in [3.05, 3.63) is 17.8 Å². The number of nitrogens with zero attached hydrogens (tertiary/aromatic N) is 1. The lowest BCUT2D eigenvalue weighted by Gasteiger charge is -2.10. The molecule has 0 spiro atoms. The van der Waals surface area contributed by atoms with Gasteiger partial charge in [-0.15, -0.1) is 0 Å². The number of carbonyl (C=O) groups is 1. The molecule has 112 valence electrons. The molecular formula is C14H23N3O3. The van der Waals surface area contributed by atoms with E-state index in [4.69, 9.17) is 15.2 Å². The third-order valence-corrected chi connectivity index (χ3v) is 2.71. The van der Waals surface area contributed by atoms with E-state index in [1.165, 1.54) is 13.3 Å². The van der Waals surface area contributed by atoms with Crippen LogP contribution in [-0.2, 0) is 9.47 Å². The Morgan fingerprint density at radius 3 is 2.85 bits per heavy atom. The predicted molar refractivity (Wildman–Crippen MR) is 78.8 cm³/mol. The second-order valence-electron chi connectivity index (χ2n) is 4.40. The maximum atomic E-state index is 11.6. The molecule has 0 saturated carbocycles. The van der Waals surface area contributed by atoms with Gasteiger partial charge in [-0.25, -0.2) is 9.78 Å². The van der Waals surface area contributed by atoms with Gasteiger partial charge in [0.1, 0.15) is 11.4 Å². The zero-order valence-electron chi connectivity index (χ0n) is 12.1. The monoisotopic (exact) mass is 281 g/mol. The third-order valence-electron chi connectivity index (χ3n) is 2.71. The van der Waals surface area contributed by atoms with Crippen molar-refractivity contribution in [2.24, 2.45) is 0 Å². The lowest BCUT2D eigenvalue weighted by Crippen LogP contribution is -2.13. The van der Waals surface area contributed by atoms with Crippen LogP contribution in [-0.4, -0.2) is 37.8 Å². The van der Waals surface area contributed by atoms with E-state index < -0.39 is 5.97 Å². The van der Waals surface area contributed by atoms with Crippen LogP contribution in [0.2, 0.25) is 0 Å². The van der Waals surface area contributed by atoms with E-state index in [-0.39, 0.29) is 0 Å². The second kappa shape index (κ2) is 9.14. The Morgan fingerprint density at radius 2 is 2.15 bits per heavy atom. The van der Waals surface area contributed by atoms with Crippen molar-refractivity contribution in [3.63, 3.8) is 0 Å². The fourth-order valence-electron chi connectivity index (χ4n) is 1.62. The fourth-order valence-corrected chi connectivity index (χ4v) is 1.62. The summed E-state index contributed by atoms with van der Waals surface area (Å²) in [4.78, 5) is 15.7. The van der Waals surface area contributed by atoms with Crippen LogP contribution in [0.3, 0.4) is 0 Å². The molecule has 0 fully saturated rings. The first-order chi connectivity index (χ1) is 9.69. The van der Waals surface area contributed by atoms with Crippen LogP contribution >= 0.6 is 0 Å². The van der Waals surface area contributed by atoms with Gasteiger partial charge in [-0.05, 0) is 18.9 Å². The molecule has 0 bridgehead atoms. The maximum Gasteiger partial charge on any atom is 0.341 e. The van der Waals surface area contributed by atoms with Gasteiger partial charge in [0.15, 0.2) is 0 Å². The molecule has 0 radical (unpaired) electrons. The number of pyridine rings is 1. The summed E-state index contributed by atoms with van der Waals surface area (Å²) in [5.41, 5.74) is 6.40. The molecule has 0 unspecified atom stereocenters. The highest BCUT2D eigenvalue weighted by molar-refractivity contribution is 5.95. The van der Waals surface area contributed by atoms with Gasteiger partial charge < -0.3 is 20.5 Å². The van der Waals surface area contributed by atoms with Crippen molar-refractivity contribution in [3.8, 4) is 0 Å². The van der Waals surface area contributed by atoms with Gasteiger partial charge in [-0.1, -0.05) is 13.3 Å². The molecule has 0 atom stereocenters. The number of nitrogens with one attached hydrogen (secondary N) is 1. The molecule has 1 rings (SSSR count). The van der Waals surface area contributed by atoms with Gasteiger partial charge in [0.2, 0.25) is 0 Å². The van der Waals surface area contributed by atoms with Gasteiger partial charge in [0.25, 0.3) is 0 Å². The van der Waals surface area contributed by atoms with Gasteiger partial charge >= 0.3 is 5.97 Å². The molecule has 0 aromatic carbocycles. The molecule has 0 aliphatic rings. The lowest BCUT2D eigenvalue weighted by molar-refractivity contribution is 0.0601. The number of ether oxygens (including phenoxy) is 2. The average Bonchev–Trinajstić information content (AvgIpc) is 2.46. The zero-order valence-corrected chi connectivity index (χ0v) is 12.1. The normalized spacial score (nSPS) is 10.3. The number of nitrogen functional groups attached to an aromatic ring is 1. The Kier molecular flexibility index (Phi) is 7.42. The van der Waals surface area contributed by atoms with Gasteiger partial charge in [0, 0.05) is 19.8 Å². The maximum absolute atomic E-state index is 11.6. The molecule has 6 nitrogen and oxygen atoms in total. The molecule has 3 N–H and O–H groups in total. The van der Waals surface area contributed by atoms with Crippen LogP contribution < -0.4 is 11.1 Å². The first kappa shape index (κ1) is 16.2. The van der Waals surface area contributed by atoms with E-state index in [0.717, 1.165) is 25.9 Å². The molecule has 1 aromatic heterocycles. The topological polar surface area (TPSA) is 86.5 Å². The molecule has 0 aliphatic heterocycles. The Labute approximate surface area is 119 Å². The minimum Gasteiger partial charge on any atom is -0.465 e. The van der Waals surface area contributed by atoms with Crippen LogP contribution in [0.1, 0.15) is 36.5 Å². The number of nitrogens with two attached hydrogens (primary N) is 1. The van der Waals surface area contributed by atoms with Gasteiger partial charge in [-0.2, -0.15) is 0 Å². The van der Waals surface area contributed by atoms with Crippen molar-refractivity contribution >= 4 is 17.5 Å². The van der Waals surface area contributed by atoms with E-state index in [9.17, 15) is 4.79 Å². The van der Waals surface area contributed by atoms with Crippen LogP contribution in [0.5, 0.6) is 0 Å². The summed E-state index contributed by atoms with van der Waals surface area (Å²) in [6.07, 6.45) is 4.57. The number of anilines is 2. The molecule has 0 saturated heterocycles. The number of methoxy groups -OCH3 is 1. The molecule has 1 aromatic rings. The van der Waals surface area contributed by atoms with E-state index in [1.54, 1.807) is 6.07 Å². The van der Waals surface area contributed by atoms with Crippen LogP contribution in [0.4, 0.5) is 11.5 Å². The van der Waals surface area contributed by atoms with Crippen molar-refractivity contribution in [2.45, 2.75) is 26.2 Å². The van der Waals surface area contributed by atoms with E-state index >= 15 is 0 Å². The average molecular weight is 281 g/mol. The summed E-state index contributed by atoms with van der Waals surface area (Å²) in [6.45, 7) is 4.29. The van der Waals surface area contributed by atoms with Gasteiger partial charge in [-0.3, -0.25) is 0 Å². The summed E-state index contributed by atoms with van der Waals surface area (Å²) in [7, 11) is 1.33. The number of aromatic nitrogens is 1. The summed E-state index contributed by atoms with van der Waals surface area (Å²) < 4.78 is 10.2. The van der Waals surface area contributed by atoms with Gasteiger partial charge in [0.05, 0.1) is 19.0 Å². The minimum atomic E-state index is -0.452. The lowest BCUT2D eigenvalue weighted by atomic mass is 10.2. The molecule has 6 heteroatoms. The fraction of sp³-hybridized carbons (Fsp3) is 0.571. The Hall–Kier alpha value is -1.82. The SMILES string of the molecule is CCCCOCCCNc1ncc(N)cc1C(=O)OC. The summed E-state index contributed by atoms with van der Waals surface area (Å²) in [5.74, 6) is 0.0334. The quantitative estimate of drug-likeness (QED) is 0.532. The summed E-state index contributed by atoms with van der Waals surface area (Å²) in [5, 5.41) is 3.10. The van der Waals surface area contributed by atoms with Crippen molar-refractivity contribution < 1.29 is 14.3 Å². The van der Waals surface area contributed by atoms with Crippen LogP contribution in [0.25, 0.3) is 0 Å². The highest BCUT2D eigenvalue weighted by Gasteiger charge is 2.13. The molecule has 0 aliphatic carbocycles. The largest absolute Gasteiger partial charge is 0.465 e. The minimum absolute atomic E-state index is 0.347. The van der Waals surface area contributed by atoms with E-state index in [2.05, 4.69) is 17.2 Å². The number of esters is 1. The molecular weight excluding hydrogens is 258 g/mol. The standard InChI is InChI=1S/C14H23N3O3/c1-3-4-7-20-8-5-6-16-13-12(14(18)19-2)9-11(15)10-17-13/h9-10H,3-8,15H2,1-2H3,(H,16,17). The number of hydrogen-bond acceptors (Lipinski definition) is 6. The molecule has 20 heavy (non-hydrogen) atoms. The van der Waals surface area contributed by atoms with Crippen LogP contribution in [0, 0.1) is 0 Å². The Bertz CT molecular complexity index is 424. The zero-order chi connectivity index (χ0) is 14.8. The van der Waals surface area contributed by atoms with E-state index in [0.29, 0.717) is 30.2 Å². The molecule has 0 amide bonds. The number of carbonyl (C=O) groups excluding carboxylic acids is 1. The first-order valence-electron chi connectivity index (χ1n) is 6.84. The predicted octanol–water partition coefficient (Wildman–Crippen LogP) is 2.07. The first-order valence-corrected chi connectivity index (χ1v) is 6.84.